The van der Waals surface area contributed by atoms with Crippen LogP contribution in [0.25, 0.3) is 0 Å². The van der Waals surface area contributed by atoms with Crippen LogP contribution < -0.4 is 0 Å². The first kappa shape index (κ1) is 75.0. The topological polar surface area (TPSA) is 426 Å². The standard InChI is InChI=1S/C23H33B3O14P2.C15H25B3O16P2.CH3I.CH4/c1-5-12-18(35-11(4)28)16(37-21(12)24)9-33-42(31,32)40-20-14(7-3)23(26)38-17(20)10-34-41(29,30)39-19-13(6-2)22(25)36-15(19)8-27;16-13-8(21)7(20)5(31-13)2-28-35(24,25)34-12-6(32-15(18)10(12)23)3-29-36(26,27)33-11-4(1-19)30-14(17)9(11)22;1-2;/h5-7,12-23,27H,1-3,8-10H2,4H3,(H,29,30)(H,31,32);4-15,19-23H,1-3H2,(H,24,25)(H,26,27);1H3;1H4/t12?,13?,14?,15-,16-,17-,18-,19-,20-,21-,22-,23-;4-,5-,6-,7+,8?,9?,10?,11+,12+,13-,14-,15-;;/m11../s1. The largest absolute Gasteiger partial charge is 0.472 e. The molecule has 0 amide bonds. The Kier molecular flexibility index (Phi) is 30.4. The summed E-state index contributed by atoms with van der Waals surface area (Å²) in [5.74, 6) is -2.85. The maximum absolute atomic E-state index is 12.9. The number of carbonyl (C=O) groups excluding carboxylic acids is 1. The van der Waals surface area contributed by atoms with Gasteiger partial charge in [0.25, 0.3) is 0 Å². The van der Waals surface area contributed by atoms with Gasteiger partial charge in [0, 0.05) is 60.7 Å². The Balaban J connectivity index is 0.000000412. The van der Waals surface area contributed by atoms with E-state index in [4.69, 9.17) is 116 Å². The van der Waals surface area contributed by atoms with E-state index in [2.05, 4.69) is 42.3 Å². The summed E-state index contributed by atoms with van der Waals surface area (Å²) >= 11 is 2.15. The lowest BCUT2D eigenvalue weighted by Gasteiger charge is -2.27. The lowest BCUT2D eigenvalue weighted by molar-refractivity contribution is -0.151. The third-order valence-electron chi connectivity index (χ3n) is 12.6. The SMILES string of the molecule is C.CI.[B][C@@H]1O[C@H](COP(=O)(O)O[C@@H]2C(C=C)[C@H]([B])O[C@@H]2COP(=O)(O)O[C@@H]2C(C=C)[C@H]([B])O[C@@H]2CO)[C@H](OC(C)=O)C1C=C.[B][C@@H]1O[C@H](COP(=O)(O)O[C@@H]2C(O)[C@H]([B])O[C@@H]2COP(=O)(O)O[C@@H]2C(O)[C@H]([B])O[C@@H]2CO)[C@H](O)C1O. The van der Waals surface area contributed by atoms with Crippen molar-refractivity contribution < 1.29 is 143 Å². The van der Waals surface area contributed by atoms with Crippen molar-refractivity contribution in [2.45, 2.75) is 142 Å². The minimum Gasteiger partial charge on any atom is -0.459 e. The Bertz CT molecular complexity index is 2230. The van der Waals surface area contributed by atoms with Crippen LogP contribution in [0, 0.1) is 17.8 Å². The maximum Gasteiger partial charge on any atom is 0.472 e. The summed E-state index contributed by atoms with van der Waals surface area (Å²) in [7, 11) is 14.4. The summed E-state index contributed by atoms with van der Waals surface area (Å²) < 4.78 is 127. The van der Waals surface area contributed by atoms with Gasteiger partial charge in [-0.1, -0.05) is 48.2 Å². The fourth-order valence-electron chi connectivity index (χ4n) is 8.65. The van der Waals surface area contributed by atoms with E-state index in [0.717, 1.165) is 0 Å². The quantitative estimate of drug-likeness (QED) is 0.0102. The summed E-state index contributed by atoms with van der Waals surface area (Å²) in [6.45, 7) is 7.93. The molecule has 0 saturated carbocycles. The van der Waals surface area contributed by atoms with E-state index < -0.39 is 222 Å². The molecule has 81 heavy (non-hydrogen) atoms. The second-order valence-electron chi connectivity index (χ2n) is 18.0. The smallest absolute Gasteiger partial charge is 0.459 e. The number of phosphoric ester groups is 4. The Morgan fingerprint density at radius 2 is 0.716 bits per heavy atom. The molecule has 6 rings (SSSR count). The normalized spacial score (nSPS) is 42.0. The predicted molar refractivity (Wildman–Crippen MR) is 291 cm³/mol. The van der Waals surface area contributed by atoms with Gasteiger partial charge in [-0.2, -0.15) is 0 Å². The number of rotatable bonds is 26. The van der Waals surface area contributed by atoms with E-state index in [0.29, 0.717) is 0 Å². The van der Waals surface area contributed by atoms with Crippen LogP contribution in [-0.2, 0) is 92.4 Å². The van der Waals surface area contributed by atoms with E-state index in [-0.39, 0.29) is 7.43 Å². The van der Waals surface area contributed by atoms with Crippen molar-refractivity contribution in [3.63, 3.8) is 0 Å². The van der Waals surface area contributed by atoms with Gasteiger partial charge >= 0.3 is 37.3 Å². The molecule has 30 nitrogen and oxygen atoms in total. The first-order valence-corrected chi connectivity index (χ1v) is 31.9. The number of ether oxygens (including phenoxy) is 7. The zero-order valence-corrected chi connectivity index (χ0v) is 48.5. The van der Waals surface area contributed by atoms with Crippen molar-refractivity contribution in [3.05, 3.63) is 38.0 Å². The predicted octanol–water partition coefficient (Wildman–Crippen LogP) is -3.20. The van der Waals surface area contributed by atoms with Crippen molar-refractivity contribution >= 4 is 107 Å². The molecule has 6 heterocycles. The number of hydrogen-bond donors (Lipinski definition) is 10. The van der Waals surface area contributed by atoms with Gasteiger partial charge in [-0.15, -0.1) is 19.7 Å². The number of aliphatic hydroxyl groups excluding tert-OH is 6. The van der Waals surface area contributed by atoms with Crippen molar-refractivity contribution in [2.24, 2.45) is 17.8 Å². The number of esters is 1. The highest BCUT2D eigenvalue weighted by Crippen LogP contribution is 2.53. The zero-order chi connectivity index (χ0) is 60.4. The van der Waals surface area contributed by atoms with Crippen molar-refractivity contribution in [3.8, 4) is 0 Å². The van der Waals surface area contributed by atoms with Crippen LogP contribution in [0.5, 0.6) is 0 Å². The van der Waals surface area contributed by atoms with Crippen LogP contribution >= 0.6 is 53.9 Å². The van der Waals surface area contributed by atoms with Gasteiger partial charge in [0.15, 0.2) is 0 Å². The van der Waals surface area contributed by atoms with Gasteiger partial charge < -0.3 is 83.4 Å². The van der Waals surface area contributed by atoms with E-state index >= 15 is 0 Å². The molecule has 0 aliphatic carbocycles. The highest BCUT2D eigenvalue weighted by atomic mass is 127. The van der Waals surface area contributed by atoms with E-state index in [1.54, 1.807) is 0 Å². The molecule has 6 saturated heterocycles. The van der Waals surface area contributed by atoms with Crippen molar-refractivity contribution in [1.29, 1.82) is 0 Å². The molecule has 41 heteroatoms. The van der Waals surface area contributed by atoms with E-state index in [9.17, 15) is 73.3 Å². The van der Waals surface area contributed by atoms with Gasteiger partial charge in [-0.3, -0.25) is 41.0 Å². The number of aliphatic hydroxyl groups is 6. The third kappa shape index (κ3) is 20.4. The molecule has 0 bridgehead atoms. The van der Waals surface area contributed by atoms with Crippen LogP contribution in [-0.4, -0.2) is 275 Å². The average Bonchev–Trinajstić information content (AvgIpc) is 4.31. The lowest BCUT2D eigenvalue weighted by atomic mass is 9.85. The van der Waals surface area contributed by atoms with Gasteiger partial charge in [0.2, 0.25) is 0 Å². The number of alkyl halides is 1. The minimum absolute atomic E-state index is 0. The minimum atomic E-state index is -5.00. The van der Waals surface area contributed by atoms with Gasteiger partial charge in [-0.05, 0) is 4.93 Å². The molecule has 6 fully saturated rings. The van der Waals surface area contributed by atoms with Gasteiger partial charge in [-0.25, -0.2) is 18.3 Å². The van der Waals surface area contributed by atoms with Gasteiger partial charge in [0.1, 0.15) is 133 Å². The number of halogens is 1. The summed E-state index contributed by atoms with van der Waals surface area (Å²) in [4.78, 5) is 54.4. The second kappa shape index (κ2) is 32.8. The summed E-state index contributed by atoms with van der Waals surface area (Å²) in [5, 5.41) is 58.3. The fourth-order valence-corrected chi connectivity index (χ4v) is 12.5. The van der Waals surface area contributed by atoms with Crippen molar-refractivity contribution in [2.75, 3.05) is 44.6 Å². The second-order valence-corrected chi connectivity index (χ2v) is 23.6. The first-order valence-electron chi connectivity index (χ1n) is 23.8. The molecule has 12 radical (unpaired) electrons. The summed E-state index contributed by atoms with van der Waals surface area (Å²) in [5.41, 5.74) is 0. The molecule has 6 aliphatic heterocycles. The molecule has 28 atom stereocenters. The Morgan fingerprint density at radius 3 is 1.07 bits per heavy atom. The van der Waals surface area contributed by atoms with Crippen LogP contribution in [0.15, 0.2) is 38.0 Å². The summed E-state index contributed by atoms with van der Waals surface area (Å²) in [6.07, 6.45) is -16.2. The Morgan fingerprint density at radius 1 is 0.457 bits per heavy atom. The molecule has 0 spiro atoms. The average molecular weight is 1340 g/mol. The van der Waals surface area contributed by atoms with E-state index in [1.165, 1.54) is 25.2 Å². The van der Waals surface area contributed by atoms with Crippen molar-refractivity contribution in [1.82, 2.24) is 0 Å². The molecule has 0 aromatic carbocycles. The fraction of sp³-hybridized carbons (Fsp3) is 0.825. The highest BCUT2D eigenvalue weighted by Gasteiger charge is 2.52. The molecule has 0 aromatic heterocycles. The molecule has 10 N–H and O–H groups in total. The lowest BCUT2D eigenvalue weighted by Crippen LogP contribution is -2.38. The van der Waals surface area contributed by atoms with Crippen LogP contribution in [0.1, 0.15) is 14.4 Å². The van der Waals surface area contributed by atoms with E-state index in [1.807, 2.05) is 4.93 Å². The molecule has 10 unspecified atom stereocenters. The van der Waals surface area contributed by atoms with Crippen LogP contribution in [0.4, 0.5) is 0 Å². The van der Waals surface area contributed by atoms with Crippen LogP contribution in [0.2, 0.25) is 0 Å². The molecule has 450 valence electrons. The van der Waals surface area contributed by atoms with Crippen LogP contribution in [0.3, 0.4) is 0 Å². The highest BCUT2D eigenvalue weighted by molar-refractivity contribution is 14.1. The number of phosphoric acid groups is 4. The summed E-state index contributed by atoms with van der Waals surface area (Å²) in [6, 6.07) is -6.97. The zero-order valence-electron chi connectivity index (χ0n) is 42.7. The molecular formula is C40H65B6IO30P4. The van der Waals surface area contributed by atoms with Gasteiger partial charge in [0.05, 0.1) is 45.7 Å². The molecule has 6 aliphatic rings. The Labute approximate surface area is 489 Å². The first-order chi connectivity index (χ1) is 37.3. The number of hydrogen-bond acceptors (Lipinski definition) is 26. The third-order valence-corrected chi connectivity index (χ3v) is 16.6. The molecule has 0 aromatic rings. The monoisotopic (exact) mass is 1340 g/mol. The molecular weight excluding hydrogens is 1280 g/mol. The maximum atomic E-state index is 12.9. The Hall–Kier alpha value is -0.230. The number of carbonyl (C=O) groups is 1.